The van der Waals surface area contributed by atoms with Crippen molar-refractivity contribution < 1.29 is 19.2 Å². The fraction of sp³-hybridized carbons (Fsp3) is 0.484. The van der Waals surface area contributed by atoms with Crippen LogP contribution < -0.4 is 21.3 Å². The SMILES string of the molecule is CN[C@H](C)C(=O)N1CCN2CC[C@@H](C(=O)NC(c3ccccc3)c3ccccc3)N2C(=O)[C@@H](NC(=O)C2CCCN2)C1. The molecule has 0 spiro atoms. The van der Waals surface area contributed by atoms with Gasteiger partial charge in [0.05, 0.1) is 24.7 Å². The van der Waals surface area contributed by atoms with Crippen LogP contribution in [0.1, 0.15) is 43.4 Å². The van der Waals surface area contributed by atoms with Crippen molar-refractivity contribution in [2.45, 2.75) is 56.4 Å². The van der Waals surface area contributed by atoms with E-state index in [4.69, 9.17) is 0 Å². The van der Waals surface area contributed by atoms with E-state index in [-0.39, 0.29) is 42.3 Å². The molecular formula is C31H41N7O4. The molecule has 0 saturated carbocycles. The van der Waals surface area contributed by atoms with Gasteiger partial charge in [-0.3, -0.25) is 24.2 Å². The number of rotatable bonds is 8. The Morgan fingerprint density at radius 2 is 1.57 bits per heavy atom. The van der Waals surface area contributed by atoms with Gasteiger partial charge in [-0.15, -0.1) is 0 Å². The molecule has 4 atom stereocenters. The number of fused-ring (bicyclic) bond motifs is 1. The number of carbonyl (C=O) groups is 4. The van der Waals surface area contributed by atoms with Gasteiger partial charge in [-0.05, 0) is 50.9 Å². The standard InChI is InChI=1S/C31H41N7O4/c1-21(32-2)30(41)36-18-19-37-17-15-26(38(37)31(42)25(20-36)34-28(39)24-14-9-16-33-24)29(40)35-27(22-10-5-3-6-11-22)23-12-7-4-8-13-23/h3-8,10-13,21,24-27,32-33H,9,14-20H2,1-2H3,(H,34,39)(H,35,40)/t21-,24?,25+,26+/m1/s1. The first-order chi connectivity index (χ1) is 20.4. The average Bonchev–Trinajstić information content (AvgIpc) is 3.71. The summed E-state index contributed by atoms with van der Waals surface area (Å²) < 4.78 is 0. The summed E-state index contributed by atoms with van der Waals surface area (Å²) in [6.07, 6.45) is 2.01. The lowest BCUT2D eigenvalue weighted by atomic mass is 9.98. The van der Waals surface area contributed by atoms with Gasteiger partial charge in [0.2, 0.25) is 17.7 Å². The second-order valence-corrected chi connectivity index (χ2v) is 11.2. The Hall–Kier alpha value is -3.80. The number of likely N-dealkylation sites (N-methyl/N-ethyl adjacent to an activating group) is 1. The van der Waals surface area contributed by atoms with Crippen molar-refractivity contribution in [2.24, 2.45) is 0 Å². The fourth-order valence-corrected chi connectivity index (χ4v) is 6.01. The molecule has 4 amide bonds. The molecule has 42 heavy (non-hydrogen) atoms. The van der Waals surface area contributed by atoms with Gasteiger partial charge in [0.15, 0.2) is 0 Å². The highest BCUT2D eigenvalue weighted by Crippen LogP contribution is 2.26. The summed E-state index contributed by atoms with van der Waals surface area (Å²) in [4.78, 5) is 56.1. The normalized spacial score (nSPS) is 23.7. The highest BCUT2D eigenvalue weighted by molar-refractivity contribution is 5.94. The summed E-state index contributed by atoms with van der Waals surface area (Å²) >= 11 is 0. The second-order valence-electron chi connectivity index (χ2n) is 11.2. The summed E-state index contributed by atoms with van der Waals surface area (Å²) in [5, 5.41) is 15.6. The number of nitrogens with one attached hydrogen (secondary N) is 4. The molecule has 3 saturated heterocycles. The molecule has 224 valence electrons. The minimum absolute atomic E-state index is 0.0392. The van der Waals surface area contributed by atoms with E-state index >= 15 is 0 Å². The molecule has 3 heterocycles. The van der Waals surface area contributed by atoms with Crippen LogP contribution in [0.5, 0.6) is 0 Å². The summed E-state index contributed by atoms with van der Waals surface area (Å²) in [6.45, 7) is 3.82. The predicted molar refractivity (Wildman–Crippen MR) is 158 cm³/mol. The molecule has 5 rings (SSSR count). The zero-order valence-corrected chi connectivity index (χ0v) is 24.3. The van der Waals surface area contributed by atoms with Crippen LogP contribution in [0.2, 0.25) is 0 Å². The Kier molecular flexibility index (Phi) is 9.51. The molecule has 3 fully saturated rings. The topological polar surface area (TPSA) is 126 Å². The lowest BCUT2D eigenvalue weighted by Gasteiger charge is -2.40. The minimum Gasteiger partial charge on any atom is -0.343 e. The smallest absolute Gasteiger partial charge is 0.262 e. The third-order valence-corrected chi connectivity index (χ3v) is 8.48. The maximum Gasteiger partial charge on any atom is 0.262 e. The van der Waals surface area contributed by atoms with Gasteiger partial charge >= 0.3 is 0 Å². The summed E-state index contributed by atoms with van der Waals surface area (Å²) in [6, 6.07) is 16.6. The van der Waals surface area contributed by atoms with E-state index in [0.29, 0.717) is 32.5 Å². The first kappa shape index (κ1) is 29.7. The van der Waals surface area contributed by atoms with E-state index in [9.17, 15) is 19.2 Å². The van der Waals surface area contributed by atoms with Crippen molar-refractivity contribution in [3.05, 3.63) is 71.8 Å². The van der Waals surface area contributed by atoms with E-state index in [1.807, 2.05) is 65.7 Å². The van der Waals surface area contributed by atoms with Crippen LogP contribution in [-0.4, -0.2) is 102 Å². The molecule has 11 heteroatoms. The molecule has 0 aliphatic carbocycles. The number of hydrogen-bond donors (Lipinski definition) is 4. The monoisotopic (exact) mass is 575 g/mol. The zero-order chi connectivity index (χ0) is 29.6. The highest BCUT2D eigenvalue weighted by Gasteiger charge is 2.45. The molecule has 4 N–H and O–H groups in total. The summed E-state index contributed by atoms with van der Waals surface area (Å²) in [7, 11) is 1.71. The van der Waals surface area contributed by atoms with E-state index in [1.54, 1.807) is 18.9 Å². The van der Waals surface area contributed by atoms with Gasteiger partial charge in [-0.1, -0.05) is 60.7 Å². The molecule has 3 aliphatic rings. The third kappa shape index (κ3) is 6.48. The van der Waals surface area contributed by atoms with Crippen LogP contribution in [0.25, 0.3) is 0 Å². The Labute approximate surface area is 247 Å². The fourth-order valence-electron chi connectivity index (χ4n) is 6.01. The zero-order valence-electron chi connectivity index (χ0n) is 24.3. The minimum atomic E-state index is -0.983. The average molecular weight is 576 g/mol. The van der Waals surface area contributed by atoms with Crippen molar-refractivity contribution in [1.29, 1.82) is 0 Å². The molecule has 11 nitrogen and oxygen atoms in total. The second kappa shape index (κ2) is 13.5. The molecule has 0 bridgehead atoms. The van der Waals surface area contributed by atoms with Gasteiger partial charge in [-0.2, -0.15) is 0 Å². The lowest BCUT2D eigenvalue weighted by molar-refractivity contribution is -0.160. The summed E-state index contributed by atoms with van der Waals surface area (Å²) in [5.74, 6) is -1.05. The Morgan fingerprint density at radius 3 is 2.17 bits per heavy atom. The molecule has 2 aromatic rings. The number of amides is 4. The maximum absolute atomic E-state index is 14.2. The number of carbonyl (C=O) groups excluding carboxylic acids is 4. The number of benzene rings is 2. The van der Waals surface area contributed by atoms with E-state index in [1.165, 1.54) is 5.01 Å². The molecule has 0 aromatic heterocycles. The van der Waals surface area contributed by atoms with Crippen molar-refractivity contribution in [1.82, 2.24) is 36.2 Å². The van der Waals surface area contributed by atoms with Crippen molar-refractivity contribution >= 4 is 23.6 Å². The highest BCUT2D eigenvalue weighted by atomic mass is 16.2. The molecule has 1 unspecified atom stereocenters. The van der Waals surface area contributed by atoms with Crippen LogP contribution in [0.3, 0.4) is 0 Å². The third-order valence-electron chi connectivity index (χ3n) is 8.48. The van der Waals surface area contributed by atoms with Crippen LogP contribution in [0, 0.1) is 0 Å². The van der Waals surface area contributed by atoms with Crippen molar-refractivity contribution in [3.8, 4) is 0 Å². The first-order valence-electron chi connectivity index (χ1n) is 14.9. The van der Waals surface area contributed by atoms with Crippen LogP contribution >= 0.6 is 0 Å². The maximum atomic E-state index is 14.2. The van der Waals surface area contributed by atoms with Gasteiger partial charge in [0, 0.05) is 19.6 Å². The van der Waals surface area contributed by atoms with Crippen LogP contribution in [0.15, 0.2) is 60.7 Å². The molecular weight excluding hydrogens is 534 g/mol. The van der Waals surface area contributed by atoms with E-state index in [2.05, 4.69) is 21.3 Å². The van der Waals surface area contributed by atoms with Gasteiger partial charge in [0.25, 0.3) is 5.91 Å². The summed E-state index contributed by atoms with van der Waals surface area (Å²) in [5.41, 5.74) is 1.88. The van der Waals surface area contributed by atoms with Gasteiger partial charge in [0.1, 0.15) is 12.1 Å². The Balaban J connectivity index is 1.39. The first-order valence-corrected chi connectivity index (χ1v) is 14.9. The van der Waals surface area contributed by atoms with E-state index in [0.717, 1.165) is 24.1 Å². The number of nitrogens with zero attached hydrogens (tertiary/aromatic N) is 3. The van der Waals surface area contributed by atoms with Gasteiger partial charge < -0.3 is 26.2 Å². The molecule has 0 radical (unpaired) electrons. The lowest BCUT2D eigenvalue weighted by Crippen LogP contribution is -2.65. The molecule has 2 aromatic carbocycles. The largest absolute Gasteiger partial charge is 0.343 e. The van der Waals surface area contributed by atoms with Gasteiger partial charge in [-0.25, -0.2) is 5.01 Å². The van der Waals surface area contributed by atoms with Crippen molar-refractivity contribution in [2.75, 3.05) is 39.8 Å². The predicted octanol–water partition coefficient (Wildman–Crippen LogP) is 0.397. The number of hydrazine groups is 1. The van der Waals surface area contributed by atoms with Crippen LogP contribution in [0.4, 0.5) is 0 Å². The van der Waals surface area contributed by atoms with Crippen molar-refractivity contribution in [3.63, 3.8) is 0 Å². The Morgan fingerprint density at radius 1 is 0.905 bits per heavy atom. The van der Waals surface area contributed by atoms with E-state index < -0.39 is 18.1 Å². The molecule has 3 aliphatic heterocycles. The van der Waals surface area contributed by atoms with Crippen LogP contribution in [-0.2, 0) is 19.2 Å². The number of hydrogen-bond acceptors (Lipinski definition) is 7. The Bertz CT molecular complexity index is 1210. The quantitative estimate of drug-likeness (QED) is 0.359.